The molecular formula is C14H14ClN. The first-order valence-electron chi connectivity index (χ1n) is 5.74. The normalized spacial score (nSPS) is 20.4. The molecule has 0 aliphatic carbocycles. The number of hydrogen-bond acceptors (Lipinski definition) is 1. The molecule has 1 N–H and O–H groups in total. The Morgan fingerprint density at radius 2 is 1.88 bits per heavy atom. The lowest BCUT2D eigenvalue weighted by Crippen LogP contribution is -2.08. The van der Waals surface area contributed by atoms with Crippen molar-refractivity contribution in [3.63, 3.8) is 0 Å². The first kappa shape index (κ1) is 10.1. The zero-order valence-electron chi connectivity index (χ0n) is 9.04. The molecule has 1 unspecified atom stereocenters. The molecule has 0 amide bonds. The van der Waals surface area contributed by atoms with Gasteiger partial charge in [-0.1, -0.05) is 41.9 Å². The summed E-state index contributed by atoms with van der Waals surface area (Å²) < 4.78 is 0. The maximum Gasteiger partial charge on any atom is 0.0484 e. The number of fused-ring (bicyclic) bond motifs is 1. The molecule has 2 aromatic rings. The fraction of sp³-hybridized carbons (Fsp3) is 0.286. The topological polar surface area (TPSA) is 12.0 Å². The van der Waals surface area contributed by atoms with Gasteiger partial charge in [0.05, 0.1) is 0 Å². The van der Waals surface area contributed by atoms with E-state index in [4.69, 9.17) is 11.6 Å². The van der Waals surface area contributed by atoms with Crippen LogP contribution in [-0.2, 0) is 0 Å². The van der Waals surface area contributed by atoms with E-state index in [0.717, 1.165) is 18.1 Å². The largest absolute Gasteiger partial charge is 0.316 e. The van der Waals surface area contributed by atoms with Gasteiger partial charge < -0.3 is 5.32 Å². The Bertz CT molecular complexity index is 515. The molecule has 1 aliphatic rings. The van der Waals surface area contributed by atoms with E-state index in [2.05, 4.69) is 29.6 Å². The van der Waals surface area contributed by atoms with Gasteiger partial charge in [-0.3, -0.25) is 0 Å². The molecular weight excluding hydrogens is 218 g/mol. The van der Waals surface area contributed by atoms with Gasteiger partial charge in [0.15, 0.2) is 0 Å². The molecule has 0 bridgehead atoms. The van der Waals surface area contributed by atoms with Crippen molar-refractivity contribution in [2.24, 2.45) is 0 Å². The molecule has 2 aromatic carbocycles. The summed E-state index contributed by atoms with van der Waals surface area (Å²) in [5, 5.41) is 6.75. The first-order valence-corrected chi connectivity index (χ1v) is 6.12. The van der Waals surface area contributed by atoms with Crippen LogP contribution in [0.2, 0.25) is 5.02 Å². The lowest BCUT2D eigenvalue weighted by atomic mass is 9.93. The Kier molecular flexibility index (Phi) is 2.58. The van der Waals surface area contributed by atoms with Gasteiger partial charge in [0, 0.05) is 17.0 Å². The van der Waals surface area contributed by atoms with E-state index in [1.165, 1.54) is 22.8 Å². The van der Waals surface area contributed by atoms with Crippen molar-refractivity contribution in [1.29, 1.82) is 0 Å². The summed E-state index contributed by atoms with van der Waals surface area (Å²) in [6.07, 6.45) is 1.23. The highest BCUT2D eigenvalue weighted by molar-refractivity contribution is 6.35. The molecule has 16 heavy (non-hydrogen) atoms. The molecule has 2 heteroatoms. The summed E-state index contributed by atoms with van der Waals surface area (Å²) in [4.78, 5) is 0. The molecule has 1 aliphatic heterocycles. The quantitative estimate of drug-likeness (QED) is 0.791. The highest BCUT2D eigenvalue weighted by atomic mass is 35.5. The van der Waals surface area contributed by atoms with Crippen LogP contribution in [0.4, 0.5) is 0 Å². The van der Waals surface area contributed by atoms with Gasteiger partial charge in [-0.05, 0) is 35.9 Å². The molecule has 0 radical (unpaired) electrons. The third-order valence-corrected chi connectivity index (χ3v) is 3.73. The van der Waals surface area contributed by atoms with E-state index in [1.54, 1.807) is 0 Å². The zero-order chi connectivity index (χ0) is 11.0. The second kappa shape index (κ2) is 4.08. The fourth-order valence-electron chi connectivity index (χ4n) is 2.56. The number of benzene rings is 2. The summed E-state index contributed by atoms with van der Waals surface area (Å²) >= 11 is 6.22. The van der Waals surface area contributed by atoms with Gasteiger partial charge in [-0.2, -0.15) is 0 Å². The van der Waals surface area contributed by atoms with Crippen molar-refractivity contribution in [1.82, 2.24) is 5.32 Å². The van der Waals surface area contributed by atoms with Crippen molar-refractivity contribution in [2.45, 2.75) is 12.3 Å². The van der Waals surface area contributed by atoms with Crippen LogP contribution < -0.4 is 5.32 Å². The average Bonchev–Trinajstić information content (AvgIpc) is 2.83. The summed E-state index contributed by atoms with van der Waals surface area (Å²) in [5.74, 6) is 0.641. The molecule has 82 valence electrons. The number of hydrogen-bond donors (Lipinski definition) is 1. The predicted molar refractivity (Wildman–Crippen MR) is 69.2 cm³/mol. The molecule has 0 spiro atoms. The summed E-state index contributed by atoms with van der Waals surface area (Å²) in [6, 6.07) is 12.6. The van der Waals surface area contributed by atoms with Crippen molar-refractivity contribution in [3.8, 4) is 0 Å². The Morgan fingerprint density at radius 3 is 2.62 bits per heavy atom. The third-order valence-electron chi connectivity index (χ3n) is 3.40. The van der Waals surface area contributed by atoms with Gasteiger partial charge in [0.2, 0.25) is 0 Å². The average molecular weight is 232 g/mol. The molecule has 1 atom stereocenters. The summed E-state index contributed by atoms with van der Waals surface area (Å²) in [7, 11) is 0. The smallest absolute Gasteiger partial charge is 0.0484 e. The Labute approximate surface area is 100 Å². The summed E-state index contributed by atoms with van der Waals surface area (Å²) in [5.41, 5.74) is 1.44. The van der Waals surface area contributed by atoms with Crippen LogP contribution >= 0.6 is 11.6 Å². The van der Waals surface area contributed by atoms with Gasteiger partial charge in [0.1, 0.15) is 0 Å². The standard InChI is InChI=1S/C14H14ClN/c15-14-6-5-11(10-7-8-16-9-10)12-3-1-2-4-13(12)14/h1-6,10,16H,7-9H2. The molecule has 1 fully saturated rings. The monoisotopic (exact) mass is 231 g/mol. The maximum atomic E-state index is 6.22. The molecule has 1 heterocycles. The van der Waals surface area contributed by atoms with E-state index < -0.39 is 0 Å². The molecule has 0 aromatic heterocycles. The van der Waals surface area contributed by atoms with Crippen LogP contribution in [0.15, 0.2) is 36.4 Å². The van der Waals surface area contributed by atoms with E-state index in [-0.39, 0.29) is 0 Å². The third kappa shape index (κ3) is 1.60. The lowest BCUT2D eigenvalue weighted by molar-refractivity contribution is 0.770. The van der Waals surface area contributed by atoms with Crippen LogP contribution in [-0.4, -0.2) is 13.1 Å². The minimum absolute atomic E-state index is 0.641. The highest BCUT2D eigenvalue weighted by Crippen LogP contribution is 2.33. The van der Waals surface area contributed by atoms with Crippen LogP contribution in [0.3, 0.4) is 0 Å². The number of nitrogens with one attached hydrogen (secondary N) is 1. The molecule has 3 rings (SSSR count). The maximum absolute atomic E-state index is 6.22. The molecule has 0 saturated carbocycles. The summed E-state index contributed by atoms with van der Waals surface area (Å²) in [6.45, 7) is 2.22. The van der Waals surface area contributed by atoms with Crippen LogP contribution in [0.1, 0.15) is 17.9 Å². The predicted octanol–water partition coefficient (Wildman–Crippen LogP) is 3.57. The molecule has 1 saturated heterocycles. The Hall–Kier alpha value is -1.05. The van der Waals surface area contributed by atoms with E-state index in [9.17, 15) is 0 Å². The second-order valence-corrected chi connectivity index (χ2v) is 4.78. The fourth-order valence-corrected chi connectivity index (χ4v) is 2.79. The Morgan fingerprint density at radius 1 is 1.06 bits per heavy atom. The van der Waals surface area contributed by atoms with Gasteiger partial charge in [0.25, 0.3) is 0 Å². The van der Waals surface area contributed by atoms with Crippen molar-refractivity contribution >= 4 is 22.4 Å². The number of halogens is 1. The van der Waals surface area contributed by atoms with Gasteiger partial charge >= 0.3 is 0 Å². The van der Waals surface area contributed by atoms with Crippen LogP contribution in [0.25, 0.3) is 10.8 Å². The minimum Gasteiger partial charge on any atom is -0.316 e. The highest BCUT2D eigenvalue weighted by Gasteiger charge is 2.18. The minimum atomic E-state index is 0.641. The lowest BCUT2D eigenvalue weighted by Gasteiger charge is -2.13. The van der Waals surface area contributed by atoms with E-state index >= 15 is 0 Å². The molecule has 1 nitrogen and oxygen atoms in total. The van der Waals surface area contributed by atoms with Crippen molar-refractivity contribution in [3.05, 3.63) is 47.0 Å². The second-order valence-electron chi connectivity index (χ2n) is 4.37. The Balaban J connectivity index is 2.21. The van der Waals surface area contributed by atoms with Crippen LogP contribution in [0, 0.1) is 0 Å². The van der Waals surface area contributed by atoms with Gasteiger partial charge in [-0.25, -0.2) is 0 Å². The first-order chi connectivity index (χ1) is 7.86. The van der Waals surface area contributed by atoms with E-state index in [1.807, 2.05) is 12.1 Å². The van der Waals surface area contributed by atoms with Crippen molar-refractivity contribution in [2.75, 3.05) is 13.1 Å². The zero-order valence-corrected chi connectivity index (χ0v) is 9.80. The number of rotatable bonds is 1. The van der Waals surface area contributed by atoms with Gasteiger partial charge in [-0.15, -0.1) is 0 Å². The van der Waals surface area contributed by atoms with Crippen LogP contribution in [0.5, 0.6) is 0 Å². The van der Waals surface area contributed by atoms with E-state index in [0.29, 0.717) is 5.92 Å². The van der Waals surface area contributed by atoms with Crippen molar-refractivity contribution < 1.29 is 0 Å². The SMILES string of the molecule is Clc1ccc(C2CCNC2)c2ccccc12.